The van der Waals surface area contributed by atoms with Crippen molar-refractivity contribution < 1.29 is 9.59 Å². The topological polar surface area (TPSA) is 64.7 Å². The van der Waals surface area contributed by atoms with Crippen LogP contribution in [0.25, 0.3) is 0 Å². The highest BCUT2D eigenvalue weighted by atomic mass is 16.2. The molecular weight excluding hydrogens is 316 g/mol. The standard InChI is InChI=1S/C19H28N4O2/c24-18(14-16-6-2-1-3-7-16)20-9-10-21-19(25)23-13-8-17(15-23)22-11-4-5-12-22/h1-3,6-7,17H,4-5,8-15H2,(H,20,24)(H,21,25). The lowest BCUT2D eigenvalue weighted by Crippen LogP contribution is -2.44. The minimum atomic E-state index is -0.0179. The molecule has 2 aliphatic rings. The van der Waals surface area contributed by atoms with Crippen LogP contribution in [-0.2, 0) is 11.2 Å². The van der Waals surface area contributed by atoms with Gasteiger partial charge in [-0.2, -0.15) is 0 Å². The van der Waals surface area contributed by atoms with E-state index in [1.807, 2.05) is 35.2 Å². The van der Waals surface area contributed by atoms with Crippen molar-refractivity contribution in [2.24, 2.45) is 0 Å². The van der Waals surface area contributed by atoms with Crippen molar-refractivity contribution in [3.63, 3.8) is 0 Å². The molecule has 1 aromatic rings. The van der Waals surface area contributed by atoms with E-state index >= 15 is 0 Å². The number of hydrogen-bond acceptors (Lipinski definition) is 3. The van der Waals surface area contributed by atoms with E-state index in [-0.39, 0.29) is 11.9 Å². The van der Waals surface area contributed by atoms with Crippen molar-refractivity contribution in [1.82, 2.24) is 20.4 Å². The van der Waals surface area contributed by atoms with E-state index in [0.29, 0.717) is 25.6 Å². The van der Waals surface area contributed by atoms with Crippen LogP contribution in [0.5, 0.6) is 0 Å². The van der Waals surface area contributed by atoms with Gasteiger partial charge < -0.3 is 15.5 Å². The Kier molecular flexibility index (Phi) is 6.28. The predicted molar refractivity (Wildman–Crippen MR) is 97.3 cm³/mol. The fourth-order valence-corrected chi connectivity index (χ4v) is 3.66. The molecule has 3 rings (SSSR count). The van der Waals surface area contributed by atoms with Crippen LogP contribution in [0, 0.1) is 0 Å². The Morgan fingerprint density at radius 2 is 1.72 bits per heavy atom. The van der Waals surface area contributed by atoms with Crippen molar-refractivity contribution >= 4 is 11.9 Å². The maximum atomic E-state index is 12.2. The third-order valence-corrected chi connectivity index (χ3v) is 5.04. The summed E-state index contributed by atoms with van der Waals surface area (Å²) < 4.78 is 0. The highest BCUT2D eigenvalue weighted by molar-refractivity contribution is 5.78. The fraction of sp³-hybridized carbons (Fsp3) is 0.579. The molecule has 1 aromatic carbocycles. The third-order valence-electron chi connectivity index (χ3n) is 5.04. The van der Waals surface area contributed by atoms with Crippen LogP contribution in [0.1, 0.15) is 24.8 Å². The molecule has 6 nitrogen and oxygen atoms in total. The van der Waals surface area contributed by atoms with E-state index in [0.717, 1.165) is 25.1 Å². The average Bonchev–Trinajstić information content (AvgIpc) is 3.30. The van der Waals surface area contributed by atoms with Gasteiger partial charge in [-0.05, 0) is 37.9 Å². The average molecular weight is 344 g/mol. The van der Waals surface area contributed by atoms with Gasteiger partial charge in [-0.1, -0.05) is 30.3 Å². The van der Waals surface area contributed by atoms with Crippen molar-refractivity contribution in [2.45, 2.75) is 31.7 Å². The second-order valence-corrected chi connectivity index (χ2v) is 6.88. The normalized spacial score (nSPS) is 20.6. The first-order chi connectivity index (χ1) is 12.2. The molecule has 0 spiro atoms. The maximum absolute atomic E-state index is 12.2. The molecule has 25 heavy (non-hydrogen) atoms. The van der Waals surface area contributed by atoms with Gasteiger partial charge in [-0.15, -0.1) is 0 Å². The number of urea groups is 1. The van der Waals surface area contributed by atoms with E-state index < -0.39 is 0 Å². The molecular formula is C19H28N4O2. The molecule has 1 atom stereocenters. The molecule has 3 amide bonds. The zero-order chi connectivity index (χ0) is 17.5. The van der Waals surface area contributed by atoms with E-state index in [1.165, 1.54) is 25.9 Å². The Labute approximate surface area is 149 Å². The van der Waals surface area contributed by atoms with Crippen molar-refractivity contribution in [3.05, 3.63) is 35.9 Å². The van der Waals surface area contributed by atoms with Gasteiger partial charge in [0.15, 0.2) is 0 Å². The number of nitrogens with one attached hydrogen (secondary N) is 2. The van der Waals surface area contributed by atoms with E-state index in [9.17, 15) is 9.59 Å². The van der Waals surface area contributed by atoms with Crippen molar-refractivity contribution in [1.29, 1.82) is 0 Å². The first kappa shape index (κ1) is 17.7. The summed E-state index contributed by atoms with van der Waals surface area (Å²) in [6, 6.07) is 10.2. The molecule has 0 radical (unpaired) electrons. The van der Waals surface area contributed by atoms with Crippen LogP contribution in [0.15, 0.2) is 30.3 Å². The molecule has 1 unspecified atom stereocenters. The number of likely N-dealkylation sites (tertiary alicyclic amines) is 2. The summed E-state index contributed by atoms with van der Waals surface area (Å²) in [4.78, 5) is 28.5. The second kappa shape index (κ2) is 8.85. The number of hydrogen-bond donors (Lipinski definition) is 2. The van der Waals surface area contributed by atoms with Crippen LogP contribution in [0.3, 0.4) is 0 Å². The van der Waals surface area contributed by atoms with Crippen molar-refractivity contribution in [3.8, 4) is 0 Å². The van der Waals surface area contributed by atoms with Crippen LogP contribution < -0.4 is 10.6 Å². The Balaban J connectivity index is 1.30. The van der Waals surface area contributed by atoms with Crippen molar-refractivity contribution in [2.75, 3.05) is 39.3 Å². The van der Waals surface area contributed by atoms with Gasteiger partial charge in [-0.25, -0.2) is 4.79 Å². The molecule has 2 aliphatic heterocycles. The van der Waals surface area contributed by atoms with Gasteiger partial charge in [0.25, 0.3) is 0 Å². The molecule has 2 heterocycles. The van der Waals surface area contributed by atoms with Gasteiger partial charge in [0.05, 0.1) is 6.42 Å². The Morgan fingerprint density at radius 3 is 2.48 bits per heavy atom. The number of nitrogens with zero attached hydrogens (tertiary/aromatic N) is 2. The van der Waals surface area contributed by atoms with Crippen LogP contribution in [-0.4, -0.2) is 67.0 Å². The van der Waals surface area contributed by atoms with E-state index in [2.05, 4.69) is 15.5 Å². The van der Waals surface area contributed by atoms with Crippen LogP contribution >= 0.6 is 0 Å². The molecule has 0 saturated carbocycles. The molecule has 2 N–H and O–H groups in total. The van der Waals surface area contributed by atoms with E-state index in [4.69, 9.17) is 0 Å². The second-order valence-electron chi connectivity index (χ2n) is 6.88. The fourth-order valence-electron chi connectivity index (χ4n) is 3.66. The zero-order valence-electron chi connectivity index (χ0n) is 14.7. The zero-order valence-corrected chi connectivity index (χ0v) is 14.7. The number of carbonyl (C=O) groups is 2. The minimum absolute atomic E-state index is 0.0148. The number of benzene rings is 1. The molecule has 2 fully saturated rings. The largest absolute Gasteiger partial charge is 0.354 e. The third kappa shape index (κ3) is 5.19. The first-order valence-corrected chi connectivity index (χ1v) is 9.30. The SMILES string of the molecule is O=C(Cc1ccccc1)NCCNC(=O)N1CCC(N2CCCC2)C1. The first-order valence-electron chi connectivity index (χ1n) is 9.30. The maximum Gasteiger partial charge on any atom is 0.317 e. The molecule has 136 valence electrons. The number of rotatable bonds is 6. The Hall–Kier alpha value is -2.08. The molecule has 0 aliphatic carbocycles. The lowest BCUT2D eigenvalue weighted by Gasteiger charge is -2.23. The van der Waals surface area contributed by atoms with Crippen LogP contribution in [0.4, 0.5) is 4.79 Å². The summed E-state index contributed by atoms with van der Waals surface area (Å²) in [5.74, 6) is -0.0179. The van der Waals surface area contributed by atoms with E-state index in [1.54, 1.807) is 0 Å². The summed E-state index contributed by atoms with van der Waals surface area (Å²) in [5, 5.41) is 5.76. The quantitative estimate of drug-likeness (QED) is 0.763. The summed E-state index contributed by atoms with van der Waals surface area (Å²) >= 11 is 0. The smallest absolute Gasteiger partial charge is 0.317 e. The molecule has 0 bridgehead atoms. The van der Waals surface area contributed by atoms with Gasteiger partial charge >= 0.3 is 6.03 Å². The van der Waals surface area contributed by atoms with Gasteiger partial charge in [-0.3, -0.25) is 9.69 Å². The lowest BCUT2D eigenvalue weighted by molar-refractivity contribution is -0.120. The monoisotopic (exact) mass is 344 g/mol. The summed E-state index contributed by atoms with van der Waals surface area (Å²) in [7, 11) is 0. The highest BCUT2D eigenvalue weighted by Gasteiger charge is 2.31. The Morgan fingerprint density at radius 1 is 1.00 bits per heavy atom. The summed E-state index contributed by atoms with van der Waals surface area (Å²) in [6.45, 7) is 4.92. The lowest BCUT2D eigenvalue weighted by atomic mass is 10.1. The number of carbonyl (C=O) groups excluding carboxylic acids is 2. The summed E-state index contributed by atoms with van der Waals surface area (Å²) in [6.07, 6.45) is 4.01. The minimum Gasteiger partial charge on any atom is -0.354 e. The summed E-state index contributed by atoms with van der Waals surface area (Å²) in [5.41, 5.74) is 0.994. The molecule has 0 aromatic heterocycles. The predicted octanol–water partition coefficient (Wildman–Crippen LogP) is 1.22. The van der Waals surface area contributed by atoms with Crippen LogP contribution in [0.2, 0.25) is 0 Å². The highest BCUT2D eigenvalue weighted by Crippen LogP contribution is 2.20. The number of amides is 3. The van der Waals surface area contributed by atoms with Gasteiger partial charge in [0.2, 0.25) is 5.91 Å². The Bertz CT molecular complexity index is 572. The molecule has 6 heteroatoms. The van der Waals surface area contributed by atoms with Gasteiger partial charge in [0.1, 0.15) is 0 Å². The van der Waals surface area contributed by atoms with Gasteiger partial charge in [0, 0.05) is 32.2 Å². The molecule has 2 saturated heterocycles.